The lowest BCUT2D eigenvalue weighted by Crippen LogP contribution is -2.14. The number of rotatable bonds is 3. The van der Waals surface area contributed by atoms with Gasteiger partial charge in [0.15, 0.2) is 0 Å². The minimum atomic E-state index is -0.326. The summed E-state index contributed by atoms with van der Waals surface area (Å²) < 4.78 is 12.8. The van der Waals surface area contributed by atoms with Crippen molar-refractivity contribution in [3.05, 3.63) is 60.2 Å². The van der Waals surface area contributed by atoms with E-state index >= 15 is 0 Å². The predicted octanol–water partition coefficient (Wildman–Crippen LogP) is 2.88. The van der Waals surface area contributed by atoms with E-state index in [-0.39, 0.29) is 18.1 Å². The number of fused-ring (bicyclic) bond motifs is 1. The molecule has 0 unspecified atom stereocenters. The van der Waals surface area contributed by atoms with Crippen LogP contribution in [-0.2, 0) is 11.2 Å². The van der Waals surface area contributed by atoms with Crippen molar-refractivity contribution < 1.29 is 9.18 Å². The summed E-state index contributed by atoms with van der Waals surface area (Å²) in [4.78, 5) is 19.0. The number of imidazole rings is 1. The average molecular weight is 269 g/mol. The zero-order valence-corrected chi connectivity index (χ0v) is 10.6. The molecule has 2 aromatic carbocycles. The number of benzene rings is 2. The van der Waals surface area contributed by atoms with Crippen molar-refractivity contribution in [1.29, 1.82) is 0 Å². The zero-order chi connectivity index (χ0) is 13.9. The van der Waals surface area contributed by atoms with Crippen LogP contribution in [0.4, 0.5) is 10.1 Å². The number of H-pyrrole nitrogens is 1. The number of carbonyl (C=O) groups is 1. The van der Waals surface area contributed by atoms with E-state index in [1.807, 2.05) is 18.2 Å². The van der Waals surface area contributed by atoms with Crippen molar-refractivity contribution in [3.63, 3.8) is 0 Å². The van der Waals surface area contributed by atoms with Crippen LogP contribution in [0.2, 0.25) is 0 Å². The Labute approximate surface area is 114 Å². The van der Waals surface area contributed by atoms with E-state index in [2.05, 4.69) is 15.3 Å². The van der Waals surface area contributed by atoms with Gasteiger partial charge >= 0.3 is 0 Å². The number of hydrogen-bond acceptors (Lipinski definition) is 2. The number of aromatic amines is 1. The maximum Gasteiger partial charge on any atom is 0.228 e. The lowest BCUT2D eigenvalue weighted by molar-refractivity contribution is -0.115. The molecule has 4 nitrogen and oxygen atoms in total. The minimum Gasteiger partial charge on any atom is -0.345 e. The van der Waals surface area contributed by atoms with Crippen molar-refractivity contribution in [2.45, 2.75) is 6.42 Å². The van der Waals surface area contributed by atoms with Crippen LogP contribution in [0.3, 0.4) is 0 Å². The lowest BCUT2D eigenvalue weighted by atomic mass is 10.1. The van der Waals surface area contributed by atoms with Gasteiger partial charge < -0.3 is 10.3 Å². The molecule has 0 aliphatic heterocycles. The second-order valence-electron chi connectivity index (χ2n) is 4.49. The second kappa shape index (κ2) is 5.13. The van der Waals surface area contributed by atoms with Gasteiger partial charge in [-0.2, -0.15) is 0 Å². The Kier molecular flexibility index (Phi) is 3.16. The van der Waals surface area contributed by atoms with Crippen LogP contribution < -0.4 is 5.32 Å². The average Bonchev–Trinajstić information content (AvgIpc) is 2.89. The van der Waals surface area contributed by atoms with Gasteiger partial charge in [-0.3, -0.25) is 4.79 Å². The topological polar surface area (TPSA) is 57.8 Å². The molecule has 0 aliphatic carbocycles. The summed E-state index contributed by atoms with van der Waals surface area (Å²) in [6.07, 6.45) is 1.87. The van der Waals surface area contributed by atoms with E-state index in [4.69, 9.17) is 0 Å². The third-order valence-electron chi connectivity index (χ3n) is 2.98. The molecule has 1 heterocycles. The van der Waals surface area contributed by atoms with Crippen LogP contribution in [0.25, 0.3) is 11.0 Å². The number of nitrogens with one attached hydrogen (secondary N) is 2. The first-order chi connectivity index (χ1) is 9.70. The van der Waals surface area contributed by atoms with Gasteiger partial charge in [0.1, 0.15) is 5.82 Å². The normalized spacial score (nSPS) is 10.7. The molecule has 0 radical (unpaired) electrons. The summed E-state index contributed by atoms with van der Waals surface area (Å²) in [5.74, 6) is -0.469. The van der Waals surface area contributed by atoms with E-state index in [1.165, 1.54) is 24.3 Å². The van der Waals surface area contributed by atoms with E-state index in [1.54, 1.807) is 6.33 Å². The molecule has 0 bridgehead atoms. The van der Waals surface area contributed by atoms with Crippen molar-refractivity contribution in [3.8, 4) is 0 Å². The highest BCUT2D eigenvalue weighted by Gasteiger charge is 2.06. The van der Waals surface area contributed by atoms with Crippen LogP contribution in [-0.4, -0.2) is 15.9 Å². The Hall–Kier alpha value is -2.69. The zero-order valence-electron chi connectivity index (χ0n) is 10.6. The number of aromatic nitrogens is 2. The molecule has 1 aromatic heterocycles. The molecule has 20 heavy (non-hydrogen) atoms. The Bertz CT molecular complexity index is 749. The summed E-state index contributed by atoms with van der Waals surface area (Å²) >= 11 is 0. The van der Waals surface area contributed by atoms with Crippen LogP contribution in [0.1, 0.15) is 5.56 Å². The molecule has 0 spiro atoms. The van der Waals surface area contributed by atoms with E-state index in [0.29, 0.717) is 5.69 Å². The first kappa shape index (κ1) is 12.3. The second-order valence-corrected chi connectivity index (χ2v) is 4.49. The Balaban J connectivity index is 1.70. The molecule has 0 fully saturated rings. The third-order valence-corrected chi connectivity index (χ3v) is 2.98. The van der Waals surface area contributed by atoms with Gasteiger partial charge in [-0.1, -0.05) is 6.07 Å². The van der Waals surface area contributed by atoms with Crippen LogP contribution >= 0.6 is 0 Å². The molecular weight excluding hydrogens is 257 g/mol. The number of carbonyl (C=O) groups excluding carboxylic acids is 1. The Morgan fingerprint density at radius 2 is 2.00 bits per heavy atom. The molecule has 3 rings (SSSR count). The quantitative estimate of drug-likeness (QED) is 0.768. The number of halogens is 1. The maximum atomic E-state index is 12.8. The monoisotopic (exact) mass is 269 g/mol. The van der Waals surface area contributed by atoms with Gasteiger partial charge in [0, 0.05) is 5.69 Å². The molecular formula is C15H12FN3O. The van der Waals surface area contributed by atoms with Crippen LogP contribution in [0.15, 0.2) is 48.8 Å². The summed E-state index contributed by atoms with van der Waals surface area (Å²) in [6.45, 7) is 0. The smallest absolute Gasteiger partial charge is 0.228 e. The van der Waals surface area contributed by atoms with Gasteiger partial charge in [0.25, 0.3) is 0 Å². The fourth-order valence-corrected chi connectivity index (χ4v) is 2.02. The number of nitrogens with zero attached hydrogens (tertiary/aromatic N) is 1. The number of anilines is 1. The number of hydrogen-bond donors (Lipinski definition) is 2. The van der Waals surface area contributed by atoms with Crippen molar-refractivity contribution in [1.82, 2.24) is 9.97 Å². The molecule has 0 aliphatic rings. The Morgan fingerprint density at radius 1 is 1.20 bits per heavy atom. The molecule has 0 atom stereocenters. The standard InChI is InChI=1S/C15H12FN3O/c16-11-2-4-12(5-3-11)19-15(20)8-10-1-6-13-14(7-10)18-9-17-13/h1-7,9H,8H2,(H,17,18)(H,19,20). The lowest BCUT2D eigenvalue weighted by Gasteiger charge is -2.05. The van der Waals surface area contributed by atoms with Crippen molar-refractivity contribution in [2.75, 3.05) is 5.32 Å². The molecule has 2 N–H and O–H groups in total. The fraction of sp³-hybridized carbons (Fsp3) is 0.0667. The van der Waals surface area contributed by atoms with Crippen LogP contribution in [0, 0.1) is 5.82 Å². The minimum absolute atomic E-state index is 0.143. The van der Waals surface area contributed by atoms with Crippen molar-refractivity contribution >= 4 is 22.6 Å². The molecule has 0 saturated carbocycles. The van der Waals surface area contributed by atoms with Gasteiger partial charge in [-0.05, 0) is 42.0 Å². The van der Waals surface area contributed by atoms with E-state index in [9.17, 15) is 9.18 Å². The summed E-state index contributed by atoms with van der Waals surface area (Å²) in [5, 5.41) is 2.73. The Morgan fingerprint density at radius 3 is 2.80 bits per heavy atom. The summed E-state index contributed by atoms with van der Waals surface area (Å²) in [7, 11) is 0. The summed E-state index contributed by atoms with van der Waals surface area (Å²) in [5.41, 5.74) is 3.24. The summed E-state index contributed by atoms with van der Waals surface area (Å²) in [6, 6.07) is 11.3. The van der Waals surface area contributed by atoms with Crippen molar-refractivity contribution in [2.24, 2.45) is 0 Å². The molecule has 0 saturated heterocycles. The first-order valence-corrected chi connectivity index (χ1v) is 6.18. The first-order valence-electron chi connectivity index (χ1n) is 6.18. The van der Waals surface area contributed by atoms with Gasteiger partial charge in [0.2, 0.25) is 5.91 Å². The third kappa shape index (κ3) is 2.66. The maximum absolute atomic E-state index is 12.8. The SMILES string of the molecule is O=C(Cc1ccc2nc[nH]c2c1)Nc1ccc(F)cc1. The fourth-order valence-electron chi connectivity index (χ4n) is 2.02. The largest absolute Gasteiger partial charge is 0.345 e. The predicted molar refractivity (Wildman–Crippen MR) is 74.8 cm³/mol. The molecule has 100 valence electrons. The van der Waals surface area contributed by atoms with Gasteiger partial charge in [-0.25, -0.2) is 9.37 Å². The van der Waals surface area contributed by atoms with E-state index in [0.717, 1.165) is 16.6 Å². The molecule has 3 aromatic rings. The highest BCUT2D eigenvalue weighted by Crippen LogP contribution is 2.13. The van der Waals surface area contributed by atoms with Crippen LogP contribution in [0.5, 0.6) is 0 Å². The number of amides is 1. The van der Waals surface area contributed by atoms with Gasteiger partial charge in [-0.15, -0.1) is 0 Å². The van der Waals surface area contributed by atoms with Gasteiger partial charge in [0.05, 0.1) is 23.8 Å². The molecule has 5 heteroatoms. The van der Waals surface area contributed by atoms with E-state index < -0.39 is 0 Å². The highest BCUT2D eigenvalue weighted by atomic mass is 19.1. The highest BCUT2D eigenvalue weighted by molar-refractivity contribution is 5.92. The molecule has 1 amide bonds.